The van der Waals surface area contributed by atoms with Crippen molar-refractivity contribution < 1.29 is 0 Å². The second kappa shape index (κ2) is 5.25. The van der Waals surface area contributed by atoms with Crippen LogP contribution >= 0.6 is 0 Å². The molecule has 1 aromatic heterocycles. The minimum Gasteiger partial charge on any atom is -0.308 e. The molecule has 4 nitrogen and oxygen atoms in total. The third kappa shape index (κ3) is 2.84. The smallest absolute Gasteiger partial charge is 0.0666 e. The average Bonchev–Trinajstić information content (AvgIpc) is 3.06. The van der Waals surface area contributed by atoms with Gasteiger partial charge in [-0.05, 0) is 32.6 Å². The predicted molar refractivity (Wildman–Crippen MR) is 77.0 cm³/mol. The molecule has 106 valence electrons. The van der Waals surface area contributed by atoms with Gasteiger partial charge in [-0.15, -0.1) is 0 Å². The Kier molecular flexibility index (Phi) is 3.63. The zero-order chi connectivity index (χ0) is 13.4. The molecule has 0 spiro atoms. The molecule has 1 aliphatic heterocycles. The van der Waals surface area contributed by atoms with Crippen LogP contribution in [0, 0.1) is 0 Å². The maximum atomic E-state index is 4.51. The lowest BCUT2D eigenvalue weighted by molar-refractivity contribution is 0.255. The zero-order valence-electron chi connectivity index (χ0n) is 12.4. The van der Waals surface area contributed by atoms with Crippen molar-refractivity contribution in [3.05, 3.63) is 17.5 Å². The maximum absolute atomic E-state index is 4.51. The van der Waals surface area contributed by atoms with Crippen LogP contribution in [0.25, 0.3) is 0 Å². The first-order chi connectivity index (χ1) is 9.17. The highest BCUT2D eigenvalue weighted by atomic mass is 15.3. The van der Waals surface area contributed by atoms with Crippen molar-refractivity contribution in [3.8, 4) is 0 Å². The van der Waals surface area contributed by atoms with E-state index in [1.54, 1.807) is 0 Å². The van der Waals surface area contributed by atoms with Crippen LogP contribution in [-0.2, 0) is 20.0 Å². The topological polar surface area (TPSA) is 33.1 Å². The number of likely N-dealkylation sites (tertiary alicyclic amines) is 1. The number of hydrogen-bond acceptors (Lipinski definition) is 3. The normalized spacial score (nSPS) is 28.2. The Morgan fingerprint density at radius 2 is 2.21 bits per heavy atom. The van der Waals surface area contributed by atoms with Gasteiger partial charge in [0.25, 0.3) is 0 Å². The first kappa shape index (κ1) is 13.1. The van der Waals surface area contributed by atoms with Gasteiger partial charge < -0.3 is 5.32 Å². The van der Waals surface area contributed by atoms with Gasteiger partial charge in [-0.2, -0.15) is 5.10 Å². The van der Waals surface area contributed by atoms with Crippen LogP contribution in [0.15, 0.2) is 6.20 Å². The van der Waals surface area contributed by atoms with E-state index in [-0.39, 0.29) is 0 Å². The first-order valence-corrected chi connectivity index (χ1v) is 7.68. The van der Waals surface area contributed by atoms with Gasteiger partial charge in [0.1, 0.15) is 0 Å². The van der Waals surface area contributed by atoms with Crippen molar-refractivity contribution in [2.24, 2.45) is 7.05 Å². The van der Waals surface area contributed by atoms with Crippen LogP contribution in [0.5, 0.6) is 0 Å². The second-order valence-corrected chi connectivity index (χ2v) is 6.22. The fourth-order valence-electron chi connectivity index (χ4n) is 3.40. The van der Waals surface area contributed by atoms with E-state index in [0.717, 1.165) is 25.0 Å². The van der Waals surface area contributed by atoms with Gasteiger partial charge in [-0.25, -0.2) is 0 Å². The zero-order valence-corrected chi connectivity index (χ0v) is 12.4. The molecular formula is C15H26N4. The van der Waals surface area contributed by atoms with Gasteiger partial charge in [0, 0.05) is 50.0 Å². The van der Waals surface area contributed by atoms with Gasteiger partial charge in [0.15, 0.2) is 0 Å². The molecular weight excluding hydrogens is 236 g/mol. The number of aromatic nitrogens is 2. The highest BCUT2D eigenvalue weighted by Gasteiger charge is 2.38. The van der Waals surface area contributed by atoms with Crippen molar-refractivity contribution in [1.29, 1.82) is 0 Å². The Hall–Kier alpha value is -0.870. The van der Waals surface area contributed by atoms with E-state index < -0.39 is 0 Å². The highest BCUT2D eigenvalue weighted by Crippen LogP contribution is 2.33. The number of nitrogens with zero attached hydrogens (tertiary/aromatic N) is 3. The lowest BCUT2D eigenvalue weighted by Gasteiger charge is -2.19. The molecule has 2 atom stereocenters. The quantitative estimate of drug-likeness (QED) is 0.877. The van der Waals surface area contributed by atoms with Gasteiger partial charge in [0.05, 0.1) is 5.69 Å². The molecule has 1 N–H and O–H groups in total. The van der Waals surface area contributed by atoms with E-state index in [9.17, 15) is 0 Å². The molecule has 0 amide bonds. The SMILES string of the molecule is CCc1nn(C)cc1CNC1CC(C)N(C2CC2)C1. The first-order valence-electron chi connectivity index (χ1n) is 7.68. The molecule has 4 heteroatoms. The summed E-state index contributed by atoms with van der Waals surface area (Å²) in [6.45, 7) is 6.75. The summed E-state index contributed by atoms with van der Waals surface area (Å²) in [5, 5.41) is 8.24. The second-order valence-electron chi connectivity index (χ2n) is 6.22. The Morgan fingerprint density at radius 3 is 2.89 bits per heavy atom. The molecule has 0 bridgehead atoms. The molecule has 2 unspecified atom stereocenters. The molecule has 2 fully saturated rings. The fraction of sp³-hybridized carbons (Fsp3) is 0.800. The van der Waals surface area contributed by atoms with E-state index in [4.69, 9.17) is 0 Å². The minimum atomic E-state index is 0.653. The summed E-state index contributed by atoms with van der Waals surface area (Å²) in [6.07, 6.45) is 7.30. The van der Waals surface area contributed by atoms with E-state index in [1.807, 2.05) is 11.7 Å². The molecule has 2 heterocycles. The van der Waals surface area contributed by atoms with Crippen LogP contribution in [0.4, 0.5) is 0 Å². The molecule has 19 heavy (non-hydrogen) atoms. The molecule has 2 aliphatic rings. The molecule has 1 saturated carbocycles. The number of rotatable bonds is 5. The van der Waals surface area contributed by atoms with Gasteiger partial charge in [0.2, 0.25) is 0 Å². The van der Waals surface area contributed by atoms with E-state index in [0.29, 0.717) is 6.04 Å². The minimum absolute atomic E-state index is 0.653. The molecule has 1 aliphatic carbocycles. The Labute approximate surface area is 116 Å². The van der Waals surface area contributed by atoms with E-state index in [1.165, 1.54) is 37.1 Å². The summed E-state index contributed by atoms with van der Waals surface area (Å²) in [5.74, 6) is 0. The monoisotopic (exact) mass is 262 g/mol. The summed E-state index contributed by atoms with van der Waals surface area (Å²) < 4.78 is 1.93. The third-order valence-corrected chi connectivity index (χ3v) is 4.55. The van der Waals surface area contributed by atoms with Gasteiger partial charge in [-0.1, -0.05) is 6.92 Å². The Balaban J connectivity index is 1.54. The van der Waals surface area contributed by atoms with Crippen molar-refractivity contribution in [1.82, 2.24) is 20.0 Å². The molecule has 1 aromatic rings. The summed E-state index contributed by atoms with van der Waals surface area (Å²) >= 11 is 0. The van der Waals surface area contributed by atoms with Crippen molar-refractivity contribution in [2.45, 2.75) is 64.2 Å². The van der Waals surface area contributed by atoms with Crippen LogP contribution in [-0.4, -0.2) is 39.4 Å². The van der Waals surface area contributed by atoms with Gasteiger partial charge >= 0.3 is 0 Å². The summed E-state index contributed by atoms with van der Waals surface area (Å²) in [5.41, 5.74) is 2.60. The molecule has 0 aromatic carbocycles. The lowest BCUT2D eigenvalue weighted by atomic mass is 10.1. The van der Waals surface area contributed by atoms with Crippen molar-refractivity contribution >= 4 is 0 Å². The van der Waals surface area contributed by atoms with Crippen LogP contribution < -0.4 is 5.32 Å². The average molecular weight is 262 g/mol. The van der Waals surface area contributed by atoms with Crippen molar-refractivity contribution in [3.63, 3.8) is 0 Å². The number of aryl methyl sites for hydroxylation is 2. The highest BCUT2D eigenvalue weighted by molar-refractivity contribution is 5.17. The number of hydrogen-bond donors (Lipinski definition) is 1. The summed E-state index contributed by atoms with van der Waals surface area (Å²) in [4.78, 5) is 2.70. The summed E-state index contributed by atoms with van der Waals surface area (Å²) in [6, 6.07) is 2.30. The van der Waals surface area contributed by atoms with E-state index in [2.05, 4.69) is 35.4 Å². The predicted octanol–water partition coefficient (Wildman–Crippen LogP) is 1.70. The van der Waals surface area contributed by atoms with Crippen LogP contribution in [0.2, 0.25) is 0 Å². The Bertz CT molecular complexity index is 435. The number of nitrogens with one attached hydrogen (secondary N) is 1. The van der Waals surface area contributed by atoms with E-state index >= 15 is 0 Å². The summed E-state index contributed by atoms with van der Waals surface area (Å²) in [7, 11) is 2.01. The van der Waals surface area contributed by atoms with Crippen LogP contribution in [0.1, 0.15) is 44.4 Å². The maximum Gasteiger partial charge on any atom is 0.0666 e. The molecule has 1 saturated heterocycles. The lowest BCUT2D eigenvalue weighted by Crippen LogP contribution is -2.33. The third-order valence-electron chi connectivity index (χ3n) is 4.55. The van der Waals surface area contributed by atoms with Crippen LogP contribution in [0.3, 0.4) is 0 Å². The molecule has 0 radical (unpaired) electrons. The largest absolute Gasteiger partial charge is 0.308 e. The molecule has 3 rings (SSSR count). The fourth-order valence-corrected chi connectivity index (χ4v) is 3.40. The van der Waals surface area contributed by atoms with Crippen molar-refractivity contribution in [2.75, 3.05) is 6.54 Å². The standard InChI is InChI=1S/C15H26N4/c1-4-15-12(9-18(3)17-15)8-16-13-7-11(2)19(10-13)14-5-6-14/h9,11,13-14,16H,4-8,10H2,1-3H3. The Morgan fingerprint density at radius 1 is 1.42 bits per heavy atom. The van der Waals surface area contributed by atoms with Gasteiger partial charge in [-0.3, -0.25) is 9.58 Å².